The molecule has 0 amide bonds. The van der Waals surface area contributed by atoms with Crippen molar-refractivity contribution in [2.24, 2.45) is 0 Å². The lowest BCUT2D eigenvalue weighted by atomic mass is 10.3. The molecule has 2 heterocycles. The Morgan fingerprint density at radius 3 is 1.65 bits per heavy atom. The van der Waals surface area contributed by atoms with Crippen LogP contribution in [0.3, 0.4) is 0 Å². The quantitative estimate of drug-likeness (QED) is 0.690. The fourth-order valence-electron chi connectivity index (χ4n) is 2.88. The minimum Gasteiger partial charge on any atom is -0.302 e. The Morgan fingerprint density at radius 1 is 0.588 bits per heavy atom. The van der Waals surface area contributed by atoms with E-state index < -0.39 is 0 Å². The molecule has 2 aliphatic rings. The molecule has 2 fully saturated rings. The third-order valence-corrected chi connectivity index (χ3v) is 4.18. The monoisotopic (exact) mass is 259 g/mol. The zero-order chi connectivity index (χ0) is 11.9. The van der Waals surface area contributed by atoms with E-state index in [1.807, 2.05) is 0 Å². The minimum absolute atomic E-state index is 0.772. The van der Waals surface area contributed by atoms with E-state index in [1.54, 1.807) is 0 Å². The summed E-state index contributed by atoms with van der Waals surface area (Å²) in [4.78, 5) is 7.75. The van der Waals surface area contributed by atoms with Crippen LogP contribution >= 0.6 is 11.6 Å². The summed E-state index contributed by atoms with van der Waals surface area (Å²) >= 11 is 5.81. The number of nitrogens with zero attached hydrogens (tertiary/aromatic N) is 3. The molecular weight excluding hydrogens is 234 g/mol. The van der Waals surface area contributed by atoms with Crippen molar-refractivity contribution in [3.8, 4) is 0 Å². The summed E-state index contributed by atoms with van der Waals surface area (Å²) in [5.41, 5.74) is 0. The molecule has 0 aromatic carbocycles. The molecule has 0 aromatic heterocycles. The van der Waals surface area contributed by atoms with Gasteiger partial charge >= 0.3 is 0 Å². The Hall–Kier alpha value is 0.170. The van der Waals surface area contributed by atoms with Gasteiger partial charge in [-0.1, -0.05) is 0 Å². The fourth-order valence-corrected chi connectivity index (χ4v) is 3.12. The van der Waals surface area contributed by atoms with E-state index >= 15 is 0 Å². The maximum atomic E-state index is 5.81. The highest BCUT2D eigenvalue weighted by atomic mass is 35.5. The highest BCUT2D eigenvalue weighted by molar-refractivity contribution is 6.18. The molecule has 0 aromatic rings. The van der Waals surface area contributed by atoms with Gasteiger partial charge in [-0.2, -0.15) is 0 Å². The molecule has 2 saturated heterocycles. The summed E-state index contributed by atoms with van der Waals surface area (Å²) in [5.74, 6) is 0.772. The van der Waals surface area contributed by atoms with Crippen molar-refractivity contribution in [1.29, 1.82) is 0 Å². The summed E-state index contributed by atoms with van der Waals surface area (Å²) in [7, 11) is 0. The van der Waals surface area contributed by atoms with E-state index in [9.17, 15) is 0 Å². The predicted octanol–water partition coefficient (Wildman–Crippen LogP) is 1.33. The summed E-state index contributed by atoms with van der Waals surface area (Å²) in [6, 6.07) is 0. The highest BCUT2D eigenvalue weighted by Crippen LogP contribution is 2.08. The number of hydrogen-bond donors (Lipinski definition) is 0. The minimum atomic E-state index is 0.772. The van der Waals surface area contributed by atoms with Crippen LogP contribution in [0, 0.1) is 0 Å². The third-order valence-electron chi connectivity index (χ3n) is 4.01. The molecule has 4 heteroatoms. The van der Waals surface area contributed by atoms with Crippen molar-refractivity contribution in [2.75, 3.05) is 64.8 Å². The van der Waals surface area contributed by atoms with Crippen molar-refractivity contribution in [3.05, 3.63) is 0 Å². The Bertz CT molecular complexity index is 207. The number of alkyl halides is 1. The molecule has 0 atom stereocenters. The SMILES string of the molecule is ClCCN1CCCN(CCN2CCCC2)CC1. The van der Waals surface area contributed by atoms with Crippen LogP contribution in [-0.4, -0.2) is 79.5 Å². The van der Waals surface area contributed by atoms with Crippen LogP contribution in [0.1, 0.15) is 19.3 Å². The van der Waals surface area contributed by atoms with Crippen molar-refractivity contribution in [3.63, 3.8) is 0 Å². The van der Waals surface area contributed by atoms with Gasteiger partial charge in [-0.25, -0.2) is 0 Å². The maximum Gasteiger partial charge on any atom is 0.0351 e. The van der Waals surface area contributed by atoms with Crippen LogP contribution in [0.15, 0.2) is 0 Å². The van der Waals surface area contributed by atoms with Crippen molar-refractivity contribution < 1.29 is 0 Å². The van der Waals surface area contributed by atoms with Crippen LogP contribution in [0.5, 0.6) is 0 Å². The molecular formula is C13H26ClN3. The fraction of sp³-hybridized carbons (Fsp3) is 1.00. The zero-order valence-electron chi connectivity index (χ0n) is 10.9. The predicted molar refractivity (Wildman–Crippen MR) is 73.9 cm³/mol. The largest absolute Gasteiger partial charge is 0.302 e. The molecule has 0 aliphatic carbocycles. The first kappa shape index (κ1) is 13.6. The maximum absolute atomic E-state index is 5.81. The van der Waals surface area contributed by atoms with E-state index in [0.717, 1.165) is 12.4 Å². The molecule has 0 radical (unpaired) electrons. The van der Waals surface area contributed by atoms with E-state index in [0.29, 0.717) is 0 Å². The Kier molecular flexibility index (Phi) is 6.06. The molecule has 0 spiro atoms. The molecule has 0 N–H and O–H groups in total. The van der Waals surface area contributed by atoms with Gasteiger partial charge in [0.15, 0.2) is 0 Å². The summed E-state index contributed by atoms with van der Waals surface area (Å²) in [6.45, 7) is 11.2. The van der Waals surface area contributed by atoms with E-state index in [2.05, 4.69) is 14.7 Å². The van der Waals surface area contributed by atoms with Gasteiger partial charge in [-0.3, -0.25) is 0 Å². The van der Waals surface area contributed by atoms with Gasteiger partial charge in [0.1, 0.15) is 0 Å². The van der Waals surface area contributed by atoms with Crippen LogP contribution in [0.4, 0.5) is 0 Å². The first-order chi connectivity index (χ1) is 8.38. The van der Waals surface area contributed by atoms with Gasteiger partial charge in [-0.05, 0) is 45.4 Å². The molecule has 100 valence electrons. The summed E-state index contributed by atoms with van der Waals surface area (Å²) < 4.78 is 0. The third kappa shape index (κ3) is 4.74. The van der Waals surface area contributed by atoms with Gasteiger partial charge in [0, 0.05) is 38.6 Å². The first-order valence-corrected chi connectivity index (χ1v) is 7.65. The van der Waals surface area contributed by atoms with Gasteiger partial charge in [-0.15, -0.1) is 11.6 Å². The number of halogens is 1. The molecule has 17 heavy (non-hydrogen) atoms. The number of hydrogen-bond acceptors (Lipinski definition) is 3. The second-order valence-electron chi connectivity index (χ2n) is 5.27. The van der Waals surface area contributed by atoms with Crippen LogP contribution in [0.2, 0.25) is 0 Å². The Balaban J connectivity index is 1.63. The van der Waals surface area contributed by atoms with Gasteiger partial charge < -0.3 is 14.7 Å². The molecule has 2 aliphatic heterocycles. The van der Waals surface area contributed by atoms with Crippen molar-refractivity contribution in [2.45, 2.75) is 19.3 Å². The van der Waals surface area contributed by atoms with Crippen LogP contribution in [-0.2, 0) is 0 Å². The number of likely N-dealkylation sites (tertiary alicyclic amines) is 1. The van der Waals surface area contributed by atoms with Crippen molar-refractivity contribution in [1.82, 2.24) is 14.7 Å². The van der Waals surface area contributed by atoms with Crippen LogP contribution in [0.25, 0.3) is 0 Å². The van der Waals surface area contributed by atoms with Gasteiger partial charge in [0.2, 0.25) is 0 Å². The van der Waals surface area contributed by atoms with Gasteiger partial charge in [0.25, 0.3) is 0 Å². The Labute approximate surface area is 111 Å². The molecule has 0 saturated carbocycles. The van der Waals surface area contributed by atoms with Crippen LogP contribution < -0.4 is 0 Å². The lowest BCUT2D eigenvalue weighted by Gasteiger charge is -2.24. The van der Waals surface area contributed by atoms with E-state index in [1.165, 1.54) is 71.6 Å². The lowest BCUT2D eigenvalue weighted by Crippen LogP contribution is -2.36. The Morgan fingerprint density at radius 2 is 1.06 bits per heavy atom. The van der Waals surface area contributed by atoms with E-state index in [-0.39, 0.29) is 0 Å². The second-order valence-corrected chi connectivity index (χ2v) is 5.65. The number of rotatable bonds is 5. The summed E-state index contributed by atoms with van der Waals surface area (Å²) in [5, 5.41) is 0. The molecule has 2 rings (SSSR count). The average molecular weight is 260 g/mol. The zero-order valence-corrected chi connectivity index (χ0v) is 11.7. The standard InChI is InChI=1S/C13H26ClN3/c14-4-9-16-7-3-8-17(13-11-16)12-10-15-5-1-2-6-15/h1-13H2. The van der Waals surface area contributed by atoms with Gasteiger partial charge in [0.05, 0.1) is 0 Å². The second kappa shape index (κ2) is 7.57. The van der Waals surface area contributed by atoms with E-state index in [4.69, 9.17) is 11.6 Å². The molecule has 3 nitrogen and oxygen atoms in total. The lowest BCUT2D eigenvalue weighted by molar-refractivity contribution is 0.225. The normalized spacial score (nSPS) is 25.2. The molecule has 0 unspecified atom stereocenters. The average Bonchev–Trinajstić information content (AvgIpc) is 2.75. The highest BCUT2D eigenvalue weighted by Gasteiger charge is 2.16. The summed E-state index contributed by atoms with van der Waals surface area (Å²) in [6.07, 6.45) is 4.11. The molecule has 0 bridgehead atoms. The first-order valence-electron chi connectivity index (χ1n) is 7.11. The topological polar surface area (TPSA) is 9.72 Å². The smallest absolute Gasteiger partial charge is 0.0351 e. The van der Waals surface area contributed by atoms with Crippen molar-refractivity contribution >= 4 is 11.6 Å².